The molecule has 1 unspecified atom stereocenters. The molecule has 1 aromatic rings. The van der Waals surface area contributed by atoms with E-state index in [9.17, 15) is 18.3 Å². The lowest BCUT2D eigenvalue weighted by Crippen LogP contribution is -2.42. The van der Waals surface area contributed by atoms with Gasteiger partial charge in [0.25, 0.3) is 10.2 Å². The Labute approximate surface area is 135 Å². The van der Waals surface area contributed by atoms with Crippen molar-refractivity contribution in [1.29, 1.82) is 0 Å². The van der Waals surface area contributed by atoms with E-state index in [2.05, 4.69) is 4.72 Å². The Morgan fingerprint density at radius 1 is 1.36 bits per heavy atom. The lowest BCUT2D eigenvalue weighted by Gasteiger charge is -2.18. The van der Waals surface area contributed by atoms with Gasteiger partial charge in [-0.1, -0.05) is 23.7 Å². The van der Waals surface area contributed by atoms with Crippen LogP contribution in [0.3, 0.4) is 0 Å². The molecule has 0 amide bonds. The first-order valence-electron chi connectivity index (χ1n) is 7.10. The minimum absolute atomic E-state index is 0.138. The van der Waals surface area contributed by atoms with Crippen LogP contribution < -0.4 is 4.72 Å². The lowest BCUT2D eigenvalue weighted by molar-refractivity contribution is -0.141. The van der Waals surface area contributed by atoms with Gasteiger partial charge < -0.3 is 5.11 Å². The van der Waals surface area contributed by atoms with Crippen LogP contribution in [0.4, 0.5) is 0 Å². The van der Waals surface area contributed by atoms with Gasteiger partial charge in [-0.15, -0.1) is 0 Å². The van der Waals surface area contributed by atoms with E-state index in [1.165, 1.54) is 4.31 Å². The minimum atomic E-state index is -3.60. The van der Waals surface area contributed by atoms with Crippen LogP contribution in [-0.2, 0) is 21.4 Å². The molecule has 0 spiro atoms. The quantitative estimate of drug-likeness (QED) is 0.783. The molecule has 0 saturated carbocycles. The Morgan fingerprint density at radius 3 is 2.64 bits per heavy atom. The molecule has 2 rings (SSSR count). The molecule has 2 N–H and O–H groups in total. The van der Waals surface area contributed by atoms with Crippen molar-refractivity contribution in [2.75, 3.05) is 19.6 Å². The first kappa shape index (κ1) is 17.2. The molecule has 1 aromatic carbocycles. The van der Waals surface area contributed by atoms with E-state index in [4.69, 9.17) is 11.6 Å². The molecule has 0 aromatic heterocycles. The average molecular weight is 347 g/mol. The standard InChI is InChI=1S/C14H19ClN2O4S/c15-13-5-3-4-11(9-13)8-12(14(18)19)10-16-22(20,21)17-6-1-2-7-17/h3-5,9,12,16H,1-2,6-8,10H2,(H,18,19). The third-order valence-corrected chi connectivity index (χ3v) is 5.45. The van der Waals surface area contributed by atoms with Crippen LogP contribution in [0.1, 0.15) is 18.4 Å². The number of hydrogen-bond acceptors (Lipinski definition) is 3. The molecular formula is C14H19ClN2O4S. The van der Waals surface area contributed by atoms with Crippen LogP contribution in [0.5, 0.6) is 0 Å². The Hall–Kier alpha value is -1.15. The third-order valence-electron chi connectivity index (χ3n) is 3.64. The summed E-state index contributed by atoms with van der Waals surface area (Å²) < 4.78 is 27.9. The number of carboxylic acids is 1. The van der Waals surface area contributed by atoms with Gasteiger partial charge >= 0.3 is 5.97 Å². The van der Waals surface area contributed by atoms with E-state index in [0.717, 1.165) is 18.4 Å². The molecule has 122 valence electrons. The van der Waals surface area contributed by atoms with E-state index in [1.807, 2.05) is 0 Å². The van der Waals surface area contributed by atoms with Crippen LogP contribution in [-0.4, -0.2) is 43.4 Å². The summed E-state index contributed by atoms with van der Waals surface area (Å²) in [4.78, 5) is 11.3. The average Bonchev–Trinajstić information content (AvgIpc) is 2.98. The van der Waals surface area contributed by atoms with Crippen molar-refractivity contribution in [2.24, 2.45) is 5.92 Å². The molecule has 1 aliphatic rings. The first-order chi connectivity index (χ1) is 10.4. The Kier molecular flexibility index (Phi) is 5.80. The Morgan fingerprint density at radius 2 is 2.05 bits per heavy atom. The highest BCUT2D eigenvalue weighted by molar-refractivity contribution is 7.87. The highest BCUT2D eigenvalue weighted by atomic mass is 35.5. The number of nitrogens with zero attached hydrogens (tertiary/aromatic N) is 1. The first-order valence-corrected chi connectivity index (χ1v) is 8.92. The number of aliphatic carboxylic acids is 1. The molecule has 1 saturated heterocycles. The van der Waals surface area contributed by atoms with Crippen molar-refractivity contribution in [3.8, 4) is 0 Å². The molecule has 1 fully saturated rings. The van der Waals surface area contributed by atoms with Gasteiger partial charge in [0.2, 0.25) is 0 Å². The SMILES string of the molecule is O=C(O)C(CNS(=O)(=O)N1CCCC1)Cc1cccc(Cl)c1. The predicted molar refractivity (Wildman–Crippen MR) is 84.0 cm³/mol. The highest BCUT2D eigenvalue weighted by Crippen LogP contribution is 2.16. The van der Waals surface area contributed by atoms with Crippen LogP contribution in [0.2, 0.25) is 5.02 Å². The number of carbonyl (C=O) groups is 1. The van der Waals surface area contributed by atoms with Gasteiger partial charge in [-0.3, -0.25) is 4.79 Å². The van der Waals surface area contributed by atoms with Gasteiger partial charge in [0, 0.05) is 24.7 Å². The summed E-state index contributed by atoms with van der Waals surface area (Å²) in [5.74, 6) is -1.88. The zero-order chi connectivity index (χ0) is 16.2. The predicted octanol–water partition coefficient (Wildman–Crippen LogP) is 1.51. The van der Waals surface area contributed by atoms with Gasteiger partial charge in [0.1, 0.15) is 0 Å². The minimum Gasteiger partial charge on any atom is -0.481 e. The van der Waals surface area contributed by atoms with Crippen molar-refractivity contribution >= 4 is 27.8 Å². The number of hydrogen-bond donors (Lipinski definition) is 2. The topological polar surface area (TPSA) is 86.7 Å². The third kappa shape index (κ3) is 4.67. The summed E-state index contributed by atoms with van der Waals surface area (Å²) in [6, 6.07) is 6.91. The summed E-state index contributed by atoms with van der Waals surface area (Å²) in [5, 5.41) is 9.81. The molecule has 0 bridgehead atoms. The second-order valence-electron chi connectivity index (χ2n) is 5.33. The van der Waals surface area contributed by atoms with E-state index >= 15 is 0 Å². The fourth-order valence-electron chi connectivity index (χ4n) is 2.42. The number of nitrogens with one attached hydrogen (secondary N) is 1. The molecule has 0 radical (unpaired) electrons. The normalized spacial score (nSPS) is 17.5. The number of carboxylic acid groups (broad SMARTS) is 1. The summed E-state index contributed by atoms with van der Waals surface area (Å²) in [7, 11) is -3.60. The maximum Gasteiger partial charge on any atom is 0.308 e. The molecular weight excluding hydrogens is 328 g/mol. The Balaban J connectivity index is 1.98. The van der Waals surface area contributed by atoms with Crippen LogP contribution >= 0.6 is 11.6 Å². The maximum absolute atomic E-state index is 12.1. The molecule has 1 atom stereocenters. The van der Waals surface area contributed by atoms with Crippen molar-refractivity contribution < 1.29 is 18.3 Å². The van der Waals surface area contributed by atoms with E-state index < -0.39 is 22.1 Å². The number of benzene rings is 1. The Bertz CT molecular complexity index is 629. The van der Waals surface area contributed by atoms with E-state index in [1.54, 1.807) is 24.3 Å². The summed E-state index contributed by atoms with van der Waals surface area (Å²) in [5.41, 5.74) is 0.764. The molecule has 0 aliphatic carbocycles. The van der Waals surface area contributed by atoms with Gasteiger partial charge in [-0.05, 0) is 37.0 Å². The largest absolute Gasteiger partial charge is 0.481 e. The van der Waals surface area contributed by atoms with Crippen molar-refractivity contribution in [3.63, 3.8) is 0 Å². The van der Waals surface area contributed by atoms with Gasteiger partial charge in [-0.2, -0.15) is 12.7 Å². The fourth-order valence-corrected chi connectivity index (χ4v) is 3.97. The number of halogens is 1. The zero-order valence-electron chi connectivity index (χ0n) is 12.0. The van der Waals surface area contributed by atoms with Gasteiger partial charge in [0.05, 0.1) is 5.92 Å². The number of rotatable bonds is 7. The molecule has 6 nitrogen and oxygen atoms in total. The fraction of sp³-hybridized carbons (Fsp3) is 0.500. The summed E-state index contributed by atoms with van der Waals surface area (Å²) in [6.45, 7) is 0.837. The van der Waals surface area contributed by atoms with Gasteiger partial charge in [0.15, 0.2) is 0 Å². The molecule has 8 heteroatoms. The van der Waals surface area contributed by atoms with Gasteiger partial charge in [-0.25, -0.2) is 4.72 Å². The zero-order valence-corrected chi connectivity index (χ0v) is 13.6. The van der Waals surface area contributed by atoms with Crippen molar-refractivity contribution in [1.82, 2.24) is 9.03 Å². The summed E-state index contributed by atoms with van der Waals surface area (Å²) >= 11 is 5.88. The molecule has 1 aliphatic heterocycles. The lowest BCUT2D eigenvalue weighted by atomic mass is 10.00. The van der Waals surface area contributed by atoms with Crippen LogP contribution in [0, 0.1) is 5.92 Å². The molecule has 1 heterocycles. The monoisotopic (exact) mass is 346 g/mol. The molecule has 22 heavy (non-hydrogen) atoms. The second-order valence-corrected chi connectivity index (χ2v) is 7.52. The van der Waals surface area contributed by atoms with Crippen molar-refractivity contribution in [3.05, 3.63) is 34.9 Å². The second kappa shape index (κ2) is 7.41. The van der Waals surface area contributed by atoms with E-state index in [-0.39, 0.29) is 13.0 Å². The van der Waals surface area contributed by atoms with E-state index in [0.29, 0.717) is 18.1 Å². The van der Waals surface area contributed by atoms with Crippen LogP contribution in [0.25, 0.3) is 0 Å². The maximum atomic E-state index is 12.1. The van der Waals surface area contributed by atoms with Crippen molar-refractivity contribution in [2.45, 2.75) is 19.3 Å². The van der Waals surface area contributed by atoms with Crippen LogP contribution in [0.15, 0.2) is 24.3 Å². The smallest absolute Gasteiger partial charge is 0.308 e. The summed E-state index contributed by atoms with van der Waals surface area (Å²) in [6.07, 6.45) is 1.90. The highest BCUT2D eigenvalue weighted by Gasteiger charge is 2.27.